The van der Waals surface area contributed by atoms with Gasteiger partial charge in [-0.2, -0.15) is 0 Å². The molecule has 0 aliphatic rings. The maximum absolute atomic E-state index is 5.57. The Morgan fingerprint density at radius 3 is 2.06 bits per heavy atom. The Bertz CT molecular complexity index is 422. The first-order valence-electron chi connectivity index (χ1n) is 5.31. The van der Waals surface area contributed by atoms with Crippen LogP contribution < -0.4 is 5.32 Å². The van der Waals surface area contributed by atoms with Gasteiger partial charge >= 0.3 is 0 Å². The Morgan fingerprint density at radius 1 is 0.812 bits per heavy atom. The third-order valence-corrected chi connectivity index (χ3v) is 2.67. The highest BCUT2D eigenvalue weighted by Gasteiger charge is 1.96. The number of benzene rings is 2. The monoisotopic (exact) mass is 231 g/mol. The summed E-state index contributed by atoms with van der Waals surface area (Å²) in [4.78, 5) is 0. The van der Waals surface area contributed by atoms with Crippen molar-refractivity contribution in [3.05, 3.63) is 60.2 Å². The second kappa shape index (κ2) is 5.69. The van der Waals surface area contributed by atoms with Gasteiger partial charge in [0, 0.05) is 6.54 Å². The summed E-state index contributed by atoms with van der Waals surface area (Å²) in [7, 11) is 0. The van der Waals surface area contributed by atoms with Gasteiger partial charge in [-0.1, -0.05) is 54.6 Å². The third-order valence-electron chi connectivity index (χ3n) is 2.48. The van der Waals surface area contributed by atoms with Crippen molar-refractivity contribution in [1.82, 2.24) is 5.32 Å². The standard InChI is InChI=1S/C14H14ClN/c15-11-16-10-12-6-8-14(9-7-12)13-4-2-1-3-5-13/h1-9,16H,10-11H2. The lowest BCUT2D eigenvalue weighted by molar-refractivity contribution is 0.791. The molecule has 0 unspecified atom stereocenters. The maximum Gasteiger partial charge on any atom is 0.0716 e. The molecule has 0 aromatic heterocycles. The zero-order chi connectivity index (χ0) is 11.2. The van der Waals surface area contributed by atoms with Gasteiger partial charge < -0.3 is 0 Å². The number of alkyl halides is 1. The lowest BCUT2D eigenvalue weighted by Crippen LogP contribution is -2.09. The zero-order valence-electron chi connectivity index (χ0n) is 8.99. The van der Waals surface area contributed by atoms with E-state index >= 15 is 0 Å². The molecular weight excluding hydrogens is 218 g/mol. The Morgan fingerprint density at radius 2 is 1.44 bits per heavy atom. The van der Waals surface area contributed by atoms with Gasteiger partial charge in [0.15, 0.2) is 0 Å². The van der Waals surface area contributed by atoms with Crippen molar-refractivity contribution in [3.8, 4) is 11.1 Å². The van der Waals surface area contributed by atoms with Crippen molar-refractivity contribution in [1.29, 1.82) is 0 Å². The molecule has 2 heteroatoms. The molecule has 0 atom stereocenters. The number of nitrogens with one attached hydrogen (secondary N) is 1. The highest BCUT2D eigenvalue weighted by molar-refractivity contribution is 6.17. The highest BCUT2D eigenvalue weighted by Crippen LogP contribution is 2.18. The molecular formula is C14H14ClN. The van der Waals surface area contributed by atoms with E-state index in [-0.39, 0.29) is 0 Å². The first-order chi connectivity index (χ1) is 7.90. The quantitative estimate of drug-likeness (QED) is 0.626. The first kappa shape index (κ1) is 11.2. The Hall–Kier alpha value is -1.31. The van der Waals surface area contributed by atoms with Crippen LogP contribution in [0.4, 0.5) is 0 Å². The molecule has 2 aromatic rings. The van der Waals surface area contributed by atoms with Gasteiger partial charge in [0.05, 0.1) is 6.00 Å². The molecule has 0 saturated carbocycles. The summed E-state index contributed by atoms with van der Waals surface area (Å²) >= 11 is 5.57. The van der Waals surface area contributed by atoms with Crippen molar-refractivity contribution in [2.24, 2.45) is 0 Å². The van der Waals surface area contributed by atoms with Crippen LogP contribution in [0.2, 0.25) is 0 Å². The topological polar surface area (TPSA) is 12.0 Å². The highest BCUT2D eigenvalue weighted by atomic mass is 35.5. The minimum atomic E-state index is 0.487. The van der Waals surface area contributed by atoms with Crippen LogP contribution in [0.15, 0.2) is 54.6 Å². The van der Waals surface area contributed by atoms with Crippen LogP contribution in [-0.2, 0) is 6.54 Å². The van der Waals surface area contributed by atoms with Gasteiger partial charge in [-0.3, -0.25) is 5.32 Å². The van der Waals surface area contributed by atoms with E-state index < -0.39 is 0 Å². The average Bonchev–Trinajstić information content (AvgIpc) is 2.38. The van der Waals surface area contributed by atoms with Gasteiger partial charge in [-0.05, 0) is 16.7 Å². The molecule has 0 aliphatic carbocycles. The summed E-state index contributed by atoms with van der Waals surface area (Å²) in [5.41, 5.74) is 3.75. The Balaban J connectivity index is 2.13. The van der Waals surface area contributed by atoms with Gasteiger partial charge in [0.25, 0.3) is 0 Å². The number of hydrogen-bond donors (Lipinski definition) is 1. The molecule has 0 saturated heterocycles. The van der Waals surface area contributed by atoms with E-state index in [2.05, 4.69) is 53.8 Å². The van der Waals surface area contributed by atoms with E-state index in [9.17, 15) is 0 Å². The minimum Gasteiger partial charge on any atom is -0.300 e. The summed E-state index contributed by atoms with van der Waals surface area (Å²) in [6, 6.07) is 19.4. The first-order valence-corrected chi connectivity index (χ1v) is 5.84. The molecule has 0 spiro atoms. The molecule has 0 bridgehead atoms. The molecule has 0 aliphatic heterocycles. The largest absolute Gasteiger partial charge is 0.300 e. The van der Waals surface area contributed by atoms with Crippen LogP contribution in [0.5, 0.6) is 0 Å². The molecule has 1 N–H and O–H groups in total. The lowest BCUT2D eigenvalue weighted by atomic mass is 10.0. The van der Waals surface area contributed by atoms with E-state index in [0.717, 1.165) is 6.54 Å². The summed E-state index contributed by atoms with van der Waals surface area (Å²) in [5.74, 6) is 0. The van der Waals surface area contributed by atoms with Crippen molar-refractivity contribution >= 4 is 11.6 Å². The van der Waals surface area contributed by atoms with Gasteiger partial charge in [-0.15, -0.1) is 11.6 Å². The van der Waals surface area contributed by atoms with Crippen LogP contribution in [0, 0.1) is 0 Å². The fourth-order valence-electron chi connectivity index (χ4n) is 1.64. The van der Waals surface area contributed by atoms with Crippen LogP contribution in [0.1, 0.15) is 5.56 Å². The predicted octanol–water partition coefficient (Wildman–Crippen LogP) is 3.64. The number of rotatable bonds is 4. The zero-order valence-corrected chi connectivity index (χ0v) is 9.74. The summed E-state index contributed by atoms with van der Waals surface area (Å²) in [5, 5.41) is 3.09. The maximum atomic E-state index is 5.57. The van der Waals surface area contributed by atoms with E-state index in [1.165, 1.54) is 16.7 Å². The van der Waals surface area contributed by atoms with E-state index in [0.29, 0.717) is 6.00 Å². The minimum absolute atomic E-state index is 0.487. The molecule has 1 nitrogen and oxygen atoms in total. The Kier molecular flexibility index (Phi) is 3.97. The second-order valence-electron chi connectivity index (χ2n) is 3.62. The lowest BCUT2D eigenvalue weighted by Gasteiger charge is -2.04. The molecule has 0 heterocycles. The molecule has 0 amide bonds. The van der Waals surface area contributed by atoms with Crippen LogP contribution in [-0.4, -0.2) is 6.00 Å². The smallest absolute Gasteiger partial charge is 0.0716 e. The molecule has 2 rings (SSSR count). The van der Waals surface area contributed by atoms with Crippen molar-refractivity contribution < 1.29 is 0 Å². The molecule has 0 radical (unpaired) electrons. The predicted molar refractivity (Wildman–Crippen MR) is 69.4 cm³/mol. The van der Waals surface area contributed by atoms with Crippen molar-refractivity contribution in [2.75, 3.05) is 6.00 Å². The van der Waals surface area contributed by atoms with Gasteiger partial charge in [-0.25, -0.2) is 0 Å². The summed E-state index contributed by atoms with van der Waals surface area (Å²) in [6.45, 7) is 0.818. The van der Waals surface area contributed by atoms with E-state index in [1.807, 2.05) is 6.07 Å². The van der Waals surface area contributed by atoms with Crippen LogP contribution in [0.25, 0.3) is 11.1 Å². The molecule has 2 aromatic carbocycles. The normalized spacial score (nSPS) is 10.3. The number of halogens is 1. The second-order valence-corrected chi connectivity index (χ2v) is 3.89. The fourth-order valence-corrected chi connectivity index (χ4v) is 1.73. The van der Waals surface area contributed by atoms with Crippen molar-refractivity contribution in [2.45, 2.75) is 6.54 Å². The van der Waals surface area contributed by atoms with Gasteiger partial charge in [0.2, 0.25) is 0 Å². The SMILES string of the molecule is ClCNCc1ccc(-c2ccccc2)cc1. The van der Waals surface area contributed by atoms with E-state index in [1.54, 1.807) is 0 Å². The van der Waals surface area contributed by atoms with Crippen LogP contribution >= 0.6 is 11.6 Å². The summed E-state index contributed by atoms with van der Waals surface area (Å²) < 4.78 is 0. The molecule has 82 valence electrons. The molecule has 16 heavy (non-hydrogen) atoms. The van der Waals surface area contributed by atoms with Crippen molar-refractivity contribution in [3.63, 3.8) is 0 Å². The number of hydrogen-bond acceptors (Lipinski definition) is 1. The fraction of sp³-hybridized carbons (Fsp3) is 0.143. The molecule has 0 fully saturated rings. The third kappa shape index (κ3) is 2.84. The van der Waals surface area contributed by atoms with Gasteiger partial charge in [0.1, 0.15) is 0 Å². The average molecular weight is 232 g/mol. The summed E-state index contributed by atoms with van der Waals surface area (Å²) in [6.07, 6.45) is 0. The Labute approximate surface area is 101 Å². The van der Waals surface area contributed by atoms with E-state index in [4.69, 9.17) is 11.6 Å². The van der Waals surface area contributed by atoms with Crippen LogP contribution in [0.3, 0.4) is 0 Å².